The number of halogens is 2. The fraction of sp³-hybridized carbons (Fsp3) is 0.333. The summed E-state index contributed by atoms with van der Waals surface area (Å²) in [7, 11) is 0. The van der Waals surface area contributed by atoms with Gasteiger partial charge in [0.15, 0.2) is 5.78 Å². The van der Waals surface area contributed by atoms with Gasteiger partial charge in [0.2, 0.25) is 0 Å². The number of rotatable bonds is 3. The molecule has 26 heavy (non-hydrogen) atoms. The number of hydrogen-bond donors (Lipinski definition) is 0. The van der Waals surface area contributed by atoms with Gasteiger partial charge in [0, 0.05) is 27.3 Å². The summed E-state index contributed by atoms with van der Waals surface area (Å²) >= 11 is 14.2. The van der Waals surface area contributed by atoms with Gasteiger partial charge < -0.3 is 0 Å². The molecule has 3 aromatic rings. The fourth-order valence-corrected chi connectivity index (χ4v) is 5.65. The second-order valence-electron chi connectivity index (χ2n) is 7.25. The van der Waals surface area contributed by atoms with Crippen LogP contribution in [-0.4, -0.2) is 10.8 Å². The monoisotopic (exact) mass is 401 g/mol. The van der Waals surface area contributed by atoms with E-state index < -0.39 is 0 Å². The number of aromatic nitrogens is 1. The first-order valence-corrected chi connectivity index (χ1v) is 10.6. The van der Waals surface area contributed by atoms with Crippen molar-refractivity contribution < 1.29 is 4.79 Å². The summed E-state index contributed by atoms with van der Waals surface area (Å²) in [5.41, 5.74) is 4.97. The summed E-state index contributed by atoms with van der Waals surface area (Å²) in [4.78, 5) is 20.4. The van der Waals surface area contributed by atoms with E-state index in [0.29, 0.717) is 10.0 Å². The van der Waals surface area contributed by atoms with E-state index in [4.69, 9.17) is 28.2 Å². The molecule has 0 aliphatic heterocycles. The summed E-state index contributed by atoms with van der Waals surface area (Å²) < 4.78 is 0. The number of pyridine rings is 1. The third-order valence-corrected chi connectivity index (χ3v) is 7.36. The van der Waals surface area contributed by atoms with Crippen molar-refractivity contribution in [3.63, 3.8) is 0 Å². The highest BCUT2D eigenvalue weighted by Crippen LogP contribution is 2.46. The van der Waals surface area contributed by atoms with Crippen LogP contribution in [-0.2, 0) is 12.8 Å². The lowest BCUT2D eigenvalue weighted by Crippen LogP contribution is -2.08. The van der Waals surface area contributed by atoms with Crippen LogP contribution in [0.4, 0.5) is 0 Å². The number of hydrogen-bond acceptors (Lipinski definition) is 3. The van der Waals surface area contributed by atoms with E-state index in [1.165, 1.54) is 16.9 Å². The third kappa shape index (κ3) is 2.52. The van der Waals surface area contributed by atoms with Gasteiger partial charge in [-0.05, 0) is 62.3 Å². The van der Waals surface area contributed by atoms with Gasteiger partial charge in [-0.15, -0.1) is 11.3 Å². The third-order valence-electron chi connectivity index (χ3n) is 5.44. The maximum Gasteiger partial charge on any atom is 0.168 e. The van der Waals surface area contributed by atoms with Crippen LogP contribution in [0.15, 0.2) is 18.2 Å². The van der Waals surface area contributed by atoms with Crippen molar-refractivity contribution in [2.24, 2.45) is 5.92 Å². The second-order valence-corrected chi connectivity index (χ2v) is 9.15. The van der Waals surface area contributed by atoms with Gasteiger partial charge in [-0.1, -0.05) is 29.3 Å². The number of Topliss-reactive ketones (excluding diaryl/α,β-unsaturated/α-hetero) is 1. The Morgan fingerprint density at radius 1 is 1.19 bits per heavy atom. The number of ketones is 1. The Morgan fingerprint density at radius 3 is 2.73 bits per heavy atom. The lowest BCUT2D eigenvalue weighted by molar-refractivity contribution is 0.0967. The van der Waals surface area contributed by atoms with Gasteiger partial charge in [0.1, 0.15) is 4.83 Å². The molecule has 0 unspecified atom stereocenters. The molecule has 132 valence electrons. The number of fused-ring (bicyclic) bond motifs is 3. The molecule has 5 heteroatoms. The highest BCUT2D eigenvalue weighted by Gasteiger charge is 2.35. The zero-order valence-electron chi connectivity index (χ0n) is 14.4. The lowest BCUT2D eigenvalue weighted by Gasteiger charge is -2.15. The second kappa shape index (κ2) is 6.05. The Labute approximate surface area is 166 Å². The number of thiophene rings is 1. The maximum absolute atomic E-state index is 13.1. The van der Waals surface area contributed by atoms with Gasteiger partial charge in [-0.3, -0.25) is 4.79 Å². The predicted octanol–water partition coefficient (Wildman–Crippen LogP) is 6.66. The van der Waals surface area contributed by atoms with Gasteiger partial charge >= 0.3 is 0 Å². The summed E-state index contributed by atoms with van der Waals surface area (Å²) in [6.45, 7) is 1.96. The zero-order chi connectivity index (χ0) is 18.0. The predicted molar refractivity (Wildman–Crippen MR) is 109 cm³/mol. The van der Waals surface area contributed by atoms with Gasteiger partial charge in [-0.2, -0.15) is 0 Å². The Hall–Kier alpha value is -1.42. The normalized spacial score (nSPS) is 16.3. The molecular weight excluding hydrogens is 385 g/mol. The first kappa shape index (κ1) is 16.7. The van der Waals surface area contributed by atoms with Crippen molar-refractivity contribution in [2.75, 3.05) is 0 Å². The summed E-state index contributed by atoms with van der Waals surface area (Å²) in [5.74, 6) is 0.386. The topological polar surface area (TPSA) is 30.0 Å². The van der Waals surface area contributed by atoms with E-state index in [1.807, 2.05) is 25.1 Å². The molecule has 0 spiro atoms. The average molecular weight is 402 g/mol. The van der Waals surface area contributed by atoms with Crippen LogP contribution < -0.4 is 0 Å². The molecule has 0 saturated heterocycles. The summed E-state index contributed by atoms with van der Waals surface area (Å²) in [6, 6.07) is 5.69. The van der Waals surface area contributed by atoms with Crippen LogP contribution in [0.2, 0.25) is 10.0 Å². The quantitative estimate of drug-likeness (QED) is 0.459. The number of carbonyl (C=O) groups is 1. The molecule has 0 atom stereocenters. The minimum atomic E-state index is 0.154. The highest BCUT2D eigenvalue weighted by molar-refractivity contribution is 7.19. The molecule has 1 saturated carbocycles. The van der Waals surface area contributed by atoms with Crippen LogP contribution in [0, 0.1) is 12.8 Å². The van der Waals surface area contributed by atoms with Gasteiger partial charge in [0.25, 0.3) is 0 Å². The van der Waals surface area contributed by atoms with E-state index in [2.05, 4.69) is 0 Å². The molecular formula is C21H17Cl2NOS. The van der Waals surface area contributed by atoms with Crippen molar-refractivity contribution in [1.29, 1.82) is 0 Å². The molecule has 1 aromatic carbocycles. The SMILES string of the molecule is Cc1nc2sc3c(c2c(-c2ccc(Cl)c(Cl)c2)c1C(=O)C1CC1)CCC3. The van der Waals surface area contributed by atoms with E-state index >= 15 is 0 Å². The Morgan fingerprint density at radius 2 is 2.00 bits per heavy atom. The zero-order valence-corrected chi connectivity index (χ0v) is 16.7. The largest absolute Gasteiger partial charge is 0.294 e. The standard InChI is InChI=1S/C21H17Cl2NOS/c1-10-17(20(25)11-5-6-11)18(12-7-8-14(22)15(23)9-12)19-13-3-2-4-16(13)26-21(19)24-10/h7-9,11H,2-6H2,1H3. The van der Waals surface area contributed by atoms with E-state index in [0.717, 1.165) is 58.3 Å². The molecule has 2 heterocycles. The first-order valence-electron chi connectivity index (χ1n) is 8.99. The minimum absolute atomic E-state index is 0.154. The maximum atomic E-state index is 13.1. The number of aryl methyl sites for hydroxylation is 3. The van der Waals surface area contributed by atoms with Crippen LogP contribution in [0.25, 0.3) is 21.3 Å². The summed E-state index contributed by atoms with van der Waals surface area (Å²) in [5, 5.41) is 2.21. The van der Waals surface area contributed by atoms with E-state index in [-0.39, 0.29) is 11.7 Å². The molecule has 0 bridgehead atoms. The lowest BCUT2D eigenvalue weighted by atomic mass is 9.90. The van der Waals surface area contributed by atoms with Gasteiger partial charge in [0.05, 0.1) is 15.7 Å². The molecule has 1 fully saturated rings. The van der Waals surface area contributed by atoms with Gasteiger partial charge in [-0.25, -0.2) is 4.98 Å². The summed E-state index contributed by atoms with van der Waals surface area (Å²) in [6.07, 6.45) is 5.32. The molecule has 5 rings (SSSR count). The molecule has 0 N–H and O–H groups in total. The van der Waals surface area contributed by atoms with Crippen molar-refractivity contribution in [3.8, 4) is 11.1 Å². The van der Waals surface area contributed by atoms with Crippen molar-refractivity contribution in [1.82, 2.24) is 4.98 Å². The Bertz CT molecular complexity index is 1080. The molecule has 2 aliphatic rings. The van der Waals surface area contributed by atoms with E-state index in [1.54, 1.807) is 11.3 Å². The van der Waals surface area contributed by atoms with Crippen LogP contribution >= 0.6 is 34.5 Å². The van der Waals surface area contributed by atoms with Crippen LogP contribution in [0.3, 0.4) is 0 Å². The molecule has 2 aromatic heterocycles. The fourth-order valence-electron chi connectivity index (χ4n) is 4.03. The Balaban J connectivity index is 1.88. The van der Waals surface area contributed by atoms with E-state index in [9.17, 15) is 4.79 Å². The molecule has 0 amide bonds. The number of nitrogens with zero attached hydrogens (tertiary/aromatic N) is 1. The molecule has 2 aliphatic carbocycles. The number of benzene rings is 1. The number of carbonyl (C=O) groups excluding carboxylic acids is 1. The molecule has 0 radical (unpaired) electrons. The first-order chi connectivity index (χ1) is 12.5. The van der Waals surface area contributed by atoms with Crippen molar-refractivity contribution in [3.05, 3.63) is 49.9 Å². The van der Waals surface area contributed by atoms with Crippen LogP contribution in [0.5, 0.6) is 0 Å². The van der Waals surface area contributed by atoms with Crippen molar-refractivity contribution >= 4 is 50.5 Å². The van der Waals surface area contributed by atoms with Crippen molar-refractivity contribution in [2.45, 2.75) is 39.0 Å². The average Bonchev–Trinajstić information content (AvgIpc) is 3.27. The van der Waals surface area contributed by atoms with Crippen LogP contribution in [0.1, 0.15) is 45.8 Å². The molecule has 2 nitrogen and oxygen atoms in total. The smallest absolute Gasteiger partial charge is 0.168 e. The minimum Gasteiger partial charge on any atom is -0.294 e. The Kier molecular flexibility index (Phi) is 3.89. The highest BCUT2D eigenvalue weighted by atomic mass is 35.5.